The normalized spacial score (nSPS) is 53.4. The van der Waals surface area contributed by atoms with Crippen LogP contribution in [-0.4, -0.2) is 233 Å². The lowest BCUT2D eigenvalue weighted by molar-refractivity contribution is -0.345. The molecule has 5 aliphatic carbocycles. The number of fused-ring (bicyclic) bond motifs is 7. The Hall–Kier alpha value is -1.63. The lowest BCUT2D eigenvalue weighted by atomic mass is 9.33. The summed E-state index contributed by atoms with van der Waals surface area (Å²) >= 11 is 0. The number of aliphatic hydroxyl groups is 14. The maximum absolute atomic E-state index is 15.1. The van der Waals surface area contributed by atoms with Crippen molar-refractivity contribution in [3.63, 3.8) is 0 Å². The van der Waals surface area contributed by atoms with Gasteiger partial charge in [-0.25, -0.2) is 0 Å². The van der Waals surface area contributed by atoms with E-state index in [9.17, 15) is 71.5 Å². The van der Waals surface area contributed by atoms with Gasteiger partial charge in [-0.15, -0.1) is 0 Å². The average Bonchev–Trinajstić information content (AvgIpc) is 3.49. The number of carbonyl (C=O) groups is 1. The Morgan fingerprint density at radius 1 is 0.532 bits per heavy atom. The standard InChI is InChI=1S/C54H88O23/c1-49(2)14-16-54(48(69)77-47-43(68)39(64)35(60)28(75-47)22-71-45-41(66)37(62)33(58)26(20-56)73-45)17-15-52(6)23(24(54)18-49)8-9-30-51(5)12-11-31(50(3,4)29(51)10-13-53(30,52)7)76-46-42(67)38(63)34(59)27(74-46)21-70-44-40(65)36(61)32(57)25(19-55)72-44/h8,24-47,55-68H,9-22H2,1-7H3/t24?,25-,26-,27-,28-,29?,30?,31+,32-,33-,34-,35-,36+,37+,38+,39+,40-,41-,42-,43-,44-,45-,46+,47+,51+,52-,53-,54+/m1/s1. The lowest BCUT2D eigenvalue weighted by Crippen LogP contribution is -2.66. The fraction of sp³-hybridized carbons (Fsp3) is 0.944. The van der Waals surface area contributed by atoms with Crippen molar-refractivity contribution < 1.29 is 114 Å². The van der Waals surface area contributed by atoms with E-state index in [1.165, 1.54) is 5.57 Å². The Balaban J connectivity index is 0.897. The Bertz CT molecular complexity index is 2110. The third-order valence-corrected chi connectivity index (χ3v) is 21.4. The Labute approximate surface area is 449 Å². The molecule has 0 amide bonds. The Kier molecular flexibility index (Phi) is 17.0. The molecule has 28 atom stereocenters. The van der Waals surface area contributed by atoms with E-state index in [-0.39, 0.29) is 39.4 Å². The van der Waals surface area contributed by atoms with E-state index in [2.05, 4.69) is 54.5 Å². The number of carbonyl (C=O) groups excluding carboxylic acids is 1. The summed E-state index contributed by atoms with van der Waals surface area (Å²) in [6, 6.07) is 0. The molecule has 4 saturated heterocycles. The first kappa shape index (κ1) is 60.0. The van der Waals surface area contributed by atoms with Crippen LogP contribution in [0.5, 0.6) is 0 Å². The van der Waals surface area contributed by atoms with Gasteiger partial charge in [-0.3, -0.25) is 4.79 Å². The smallest absolute Gasteiger partial charge is 0.315 e. The zero-order valence-corrected chi connectivity index (χ0v) is 45.3. The van der Waals surface area contributed by atoms with Gasteiger partial charge in [-0.05, 0) is 109 Å². The SMILES string of the molecule is CC1(C)CC[C@]2(C(=O)O[C@@H]3O[C@H](CO[C@@H]4O[C@H](CO)[C@@H](O)[C@H](O)[C@H]4O)[C@@H](O)[C@H](O)[C@H]3O)CC[C@]3(C)C(=CCC4[C@@]5(C)CC[C@H](O[C@@H]6O[C@H](CO[C@@H]7O[C@H](CO)[C@@H](O)[C@H](O)[C@H]7O)[C@@H](O)[C@H](O)[C@H]6O)C(C)(C)C5CC[C@]43C)C2C1. The third-order valence-electron chi connectivity index (χ3n) is 21.4. The molecular formula is C54H88O23. The predicted molar refractivity (Wildman–Crippen MR) is 263 cm³/mol. The van der Waals surface area contributed by atoms with Crippen molar-refractivity contribution in [3.8, 4) is 0 Å². The summed E-state index contributed by atoms with van der Waals surface area (Å²) in [7, 11) is 0. The molecule has 9 aliphatic rings. The molecule has 77 heavy (non-hydrogen) atoms. The first-order valence-corrected chi connectivity index (χ1v) is 27.8. The summed E-state index contributed by atoms with van der Waals surface area (Å²) in [5.41, 5.74) is -1.12. The molecule has 0 radical (unpaired) electrons. The van der Waals surface area contributed by atoms with Crippen LogP contribution >= 0.6 is 0 Å². The zero-order chi connectivity index (χ0) is 56.3. The van der Waals surface area contributed by atoms with Crippen LogP contribution in [0.3, 0.4) is 0 Å². The van der Waals surface area contributed by atoms with Crippen LogP contribution in [-0.2, 0) is 42.7 Å². The molecule has 8 fully saturated rings. The van der Waals surface area contributed by atoms with E-state index in [1.807, 2.05) is 0 Å². The van der Waals surface area contributed by atoms with Crippen LogP contribution in [0.25, 0.3) is 0 Å². The highest BCUT2D eigenvalue weighted by atomic mass is 16.8. The van der Waals surface area contributed by atoms with Crippen LogP contribution in [0.15, 0.2) is 11.6 Å². The van der Waals surface area contributed by atoms with Gasteiger partial charge >= 0.3 is 5.97 Å². The van der Waals surface area contributed by atoms with Gasteiger partial charge in [0.2, 0.25) is 6.29 Å². The summed E-state index contributed by atoms with van der Waals surface area (Å²) in [6.07, 6.45) is -23.0. The van der Waals surface area contributed by atoms with Gasteiger partial charge in [0, 0.05) is 0 Å². The first-order chi connectivity index (χ1) is 36.0. The van der Waals surface area contributed by atoms with Gasteiger partial charge in [0.05, 0.1) is 37.9 Å². The molecule has 9 rings (SSSR count). The highest BCUT2D eigenvalue weighted by Crippen LogP contribution is 2.76. The van der Waals surface area contributed by atoms with E-state index in [0.717, 1.165) is 32.1 Å². The van der Waals surface area contributed by atoms with Crippen molar-refractivity contribution in [1.82, 2.24) is 0 Å². The summed E-state index contributed by atoms with van der Waals surface area (Å²) in [5, 5.41) is 148. The van der Waals surface area contributed by atoms with E-state index in [4.69, 9.17) is 37.9 Å². The van der Waals surface area contributed by atoms with E-state index in [0.29, 0.717) is 32.1 Å². The maximum atomic E-state index is 15.1. The lowest BCUT2D eigenvalue weighted by Gasteiger charge is -2.71. The topological polar surface area (TPSA) is 374 Å². The molecule has 442 valence electrons. The summed E-state index contributed by atoms with van der Waals surface area (Å²) in [6.45, 7) is 13.5. The van der Waals surface area contributed by atoms with E-state index in [1.54, 1.807) is 0 Å². The molecule has 23 nitrogen and oxygen atoms in total. The van der Waals surface area contributed by atoms with Crippen LogP contribution in [0.1, 0.15) is 113 Å². The van der Waals surface area contributed by atoms with Crippen LogP contribution in [0.2, 0.25) is 0 Å². The molecule has 0 aromatic carbocycles. The maximum Gasteiger partial charge on any atom is 0.315 e. The van der Waals surface area contributed by atoms with E-state index < -0.39 is 172 Å². The molecule has 0 aromatic rings. The molecule has 0 bridgehead atoms. The monoisotopic (exact) mass is 1100 g/mol. The fourth-order valence-electron chi connectivity index (χ4n) is 16.3. The largest absolute Gasteiger partial charge is 0.432 e. The number of esters is 1. The number of allylic oxidation sites excluding steroid dienone is 2. The highest BCUT2D eigenvalue weighted by Gasteiger charge is 2.70. The predicted octanol–water partition coefficient (Wildman–Crippen LogP) is -2.04. The number of rotatable bonds is 12. The minimum absolute atomic E-state index is 0.133. The summed E-state index contributed by atoms with van der Waals surface area (Å²) in [4.78, 5) is 15.1. The molecule has 4 aliphatic heterocycles. The zero-order valence-electron chi connectivity index (χ0n) is 45.3. The summed E-state index contributed by atoms with van der Waals surface area (Å²) in [5.74, 6) is -0.449. The number of hydrogen-bond donors (Lipinski definition) is 14. The second kappa shape index (κ2) is 21.8. The van der Waals surface area contributed by atoms with Gasteiger partial charge in [0.25, 0.3) is 0 Å². The first-order valence-electron chi connectivity index (χ1n) is 27.8. The van der Waals surface area contributed by atoms with Gasteiger partial charge in [0.15, 0.2) is 18.9 Å². The van der Waals surface area contributed by atoms with Gasteiger partial charge < -0.3 is 109 Å². The van der Waals surface area contributed by atoms with Crippen LogP contribution < -0.4 is 0 Å². The number of hydrogen-bond acceptors (Lipinski definition) is 23. The molecule has 23 heteroatoms. The quantitative estimate of drug-likeness (QED) is 0.0569. The third kappa shape index (κ3) is 10.00. The number of aliphatic hydroxyl groups excluding tert-OH is 14. The molecule has 4 saturated carbocycles. The van der Waals surface area contributed by atoms with Crippen molar-refractivity contribution in [2.24, 2.45) is 50.2 Å². The molecule has 14 N–H and O–H groups in total. The molecule has 0 spiro atoms. The second-order valence-corrected chi connectivity index (χ2v) is 26.4. The molecule has 4 heterocycles. The van der Waals surface area contributed by atoms with Crippen LogP contribution in [0.4, 0.5) is 0 Å². The Morgan fingerprint density at radius 3 is 1.53 bits per heavy atom. The van der Waals surface area contributed by atoms with Crippen LogP contribution in [0, 0.1) is 50.2 Å². The molecular weight excluding hydrogens is 1020 g/mol. The highest BCUT2D eigenvalue weighted by molar-refractivity contribution is 5.79. The average molecular weight is 1110 g/mol. The minimum atomic E-state index is -1.83. The van der Waals surface area contributed by atoms with Crippen molar-refractivity contribution in [1.29, 1.82) is 0 Å². The second-order valence-electron chi connectivity index (χ2n) is 26.4. The van der Waals surface area contributed by atoms with Gasteiger partial charge in [-0.1, -0.05) is 60.1 Å². The minimum Gasteiger partial charge on any atom is -0.432 e. The van der Waals surface area contributed by atoms with Gasteiger partial charge in [-0.2, -0.15) is 0 Å². The summed E-state index contributed by atoms with van der Waals surface area (Å²) < 4.78 is 47.0. The molecule has 3 unspecified atom stereocenters. The molecule has 0 aromatic heterocycles. The Morgan fingerprint density at radius 2 is 1.00 bits per heavy atom. The van der Waals surface area contributed by atoms with Gasteiger partial charge in [0.1, 0.15) is 97.7 Å². The van der Waals surface area contributed by atoms with Crippen molar-refractivity contribution in [3.05, 3.63) is 11.6 Å². The van der Waals surface area contributed by atoms with Crippen molar-refractivity contribution in [2.45, 2.75) is 242 Å². The van der Waals surface area contributed by atoms with E-state index >= 15 is 4.79 Å². The van der Waals surface area contributed by atoms with Crippen molar-refractivity contribution >= 4 is 5.97 Å². The number of ether oxygens (including phenoxy) is 8. The fourth-order valence-corrected chi connectivity index (χ4v) is 16.3. The van der Waals surface area contributed by atoms with Crippen molar-refractivity contribution in [2.75, 3.05) is 26.4 Å².